The zero-order valence-corrected chi connectivity index (χ0v) is 8.73. The van der Waals surface area contributed by atoms with Crippen LogP contribution in [0, 0.1) is 0 Å². The van der Waals surface area contributed by atoms with Crippen LogP contribution in [0.5, 0.6) is 0 Å². The molecule has 0 spiro atoms. The van der Waals surface area contributed by atoms with Crippen LogP contribution < -0.4 is 4.90 Å². The van der Waals surface area contributed by atoms with Crippen molar-refractivity contribution in [2.24, 2.45) is 0 Å². The first-order valence-corrected chi connectivity index (χ1v) is 4.92. The van der Waals surface area contributed by atoms with Gasteiger partial charge in [0, 0.05) is 6.92 Å². The van der Waals surface area contributed by atoms with Crippen molar-refractivity contribution in [1.29, 1.82) is 0 Å². The van der Waals surface area contributed by atoms with Crippen molar-refractivity contribution in [3.8, 4) is 0 Å². The maximum atomic E-state index is 11.5. The molecule has 1 aliphatic rings. The summed E-state index contributed by atoms with van der Waals surface area (Å²) in [5.74, 6) is 0.0647. The normalized spacial score (nSPS) is 14.2. The molecule has 1 heterocycles. The first-order valence-electron chi connectivity index (χ1n) is 4.92. The quantitative estimate of drug-likeness (QED) is 0.680. The highest BCUT2D eigenvalue weighted by Crippen LogP contribution is 2.28. The molecule has 1 aromatic rings. The number of para-hydroxylation sites is 1. The topological polar surface area (TPSA) is 20.3 Å². The minimum atomic E-state index is 0.0647. The average Bonchev–Trinajstić information content (AvgIpc) is 2.27. The molecule has 0 aromatic heterocycles. The van der Waals surface area contributed by atoms with E-state index in [0.717, 1.165) is 16.8 Å². The van der Waals surface area contributed by atoms with Gasteiger partial charge in [-0.25, -0.2) is 0 Å². The molecule has 0 bridgehead atoms. The Hall–Kier alpha value is -1.83. The Morgan fingerprint density at radius 1 is 1.47 bits per heavy atom. The van der Waals surface area contributed by atoms with E-state index in [1.807, 2.05) is 24.3 Å². The molecule has 1 aromatic carbocycles. The maximum Gasteiger partial charge on any atom is 0.224 e. The van der Waals surface area contributed by atoms with Crippen LogP contribution in [0.4, 0.5) is 5.69 Å². The van der Waals surface area contributed by atoms with Gasteiger partial charge in [-0.3, -0.25) is 4.79 Å². The number of fused-ring (bicyclic) bond motifs is 1. The van der Waals surface area contributed by atoms with Crippen LogP contribution in [-0.4, -0.2) is 12.5 Å². The molecule has 15 heavy (non-hydrogen) atoms. The van der Waals surface area contributed by atoms with Crippen molar-refractivity contribution in [3.63, 3.8) is 0 Å². The highest BCUT2D eigenvalue weighted by molar-refractivity contribution is 5.96. The molecule has 0 radical (unpaired) electrons. The van der Waals surface area contributed by atoms with Crippen LogP contribution in [0.1, 0.15) is 12.5 Å². The molecule has 76 valence electrons. The lowest BCUT2D eigenvalue weighted by molar-refractivity contribution is -0.116. The van der Waals surface area contributed by atoms with E-state index < -0.39 is 0 Å². The summed E-state index contributed by atoms with van der Waals surface area (Å²) in [4.78, 5) is 13.3. The Kier molecular flexibility index (Phi) is 2.42. The summed E-state index contributed by atoms with van der Waals surface area (Å²) < 4.78 is 0. The molecule has 0 saturated carbocycles. The van der Waals surface area contributed by atoms with Crippen molar-refractivity contribution in [2.45, 2.75) is 6.92 Å². The number of amides is 1. The van der Waals surface area contributed by atoms with Gasteiger partial charge in [0.25, 0.3) is 0 Å². The molecule has 0 N–H and O–H groups in total. The summed E-state index contributed by atoms with van der Waals surface area (Å²) in [6.45, 7) is 5.95. The third-order valence-corrected chi connectivity index (χ3v) is 2.55. The van der Waals surface area contributed by atoms with Crippen molar-refractivity contribution in [1.82, 2.24) is 0 Å². The van der Waals surface area contributed by atoms with E-state index in [1.165, 1.54) is 0 Å². The van der Waals surface area contributed by atoms with Crippen LogP contribution >= 0.6 is 0 Å². The molecular formula is C13H13NO. The van der Waals surface area contributed by atoms with Gasteiger partial charge in [-0.1, -0.05) is 30.9 Å². The number of carbonyl (C=O) groups is 1. The van der Waals surface area contributed by atoms with Crippen LogP contribution in [0.15, 0.2) is 42.5 Å². The first kappa shape index (κ1) is 9.71. The highest BCUT2D eigenvalue weighted by atomic mass is 16.2. The summed E-state index contributed by atoms with van der Waals surface area (Å²) in [7, 11) is 0. The van der Waals surface area contributed by atoms with Gasteiger partial charge in [0.05, 0.1) is 12.2 Å². The molecular weight excluding hydrogens is 186 g/mol. The van der Waals surface area contributed by atoms with Gasteiger partial charge in [-0.2, -0.15) is 0 Å². The average molecular weight is 199 g/mol. The van der Waals surface area contributed by atoms with Crippen LogP contribution in [0.3, 0.4) is 0 Å². The molecule has 1 amide bonds. The van der Waals surface area contributed by atoms with Crippen molar-refractivity contribution in [3.05, 3.63) is 48.1 Å². The highest BCUT2D eigenvalue weighted by Gasteiger charge is 2.18. The number of hydrogen-bond acceptors (Lipinski definition) is 1. The predicted molar refractivity (Wildman–Crippen MR) is 62.6 cm³/mol. The zero-order valence-electron chi connectivity index (χ0n) is 8.73. The molecule has 0 saturated heterocycles. The molecule has 1 aliphatic heterocycles. The van der Waals surface area contributed by atoms with E-state index in [1.54, 1.807) is 17.9 Å². The van der Waals surface area contributed by atoms with Gasteiger partial charge < -0.3 is 4.90 Å². The third-order valence-electron chi connectivity index (χ3n) is 2.55. The fourth-order valence-corrected chi connectivity index (χ4v) is 1.77. The summed E-state index contributed by atoms with van der Waals surface area (Å²) in [5.41, 5.74) is 3.13. The van der Waals surface area contributed by atoms with Crippen LogP contribution in [0.25, 0.3) is 6.08 Å². The fourth-order valence-electron chi connectivity index (χ4n) is 1.77. The predicted octanol–water partition coefficient (Wildman–Crippen LogP) is 2.62. The third kappa shape index (κ3) is 1.71. The molecule has 2 rings (SSSR count). The van der Waals surface area contributed by atoms with Gasteiger partial charge in [0.1, 0.15) is 0 Å². The molecule has 0 unspecified atom stereocenters. The van der Waals surface area contributed by atoms with Gasteiger partial charge in [-0.15, -0.1) is 0 Å². The number of rotatable bonds is 1. The van der Waals surface area contributed by atoms with Gasteiger partial charge in [0.15, 0.2) is 0 Å². The van der Waals surface area contributed by atoms with E-state index >= 15 is 0 Å². The van der Waals surface area contributed by atoms with Crippen LogP contribution in [0.2, 0.25) is 0 Å². The van der Waals surface area contributed by atoms with E-state index in [4.69, 9.17) is 0 Å². The number of hydrogen-bond donors (Lipinski definition) is 0. The monoisotopic (exact) mass is 199 g/mol. The SMILES string of the molecule is C=CC1=Cc2ccccc2N(C(C)=O)C1. The van der Waals surface area contributed by atoms with Crippen molar-refractivity contribution in [2.75, 3.05) is 11.4 Å². The molecule has 0 atom stereocenters. The molecule has 2 heteroatoms. The molecule has 0 aliphatic carbocycles. The number of nitrogens with zero attached hydrogens (tertiary/aromatic N) is 1. The van der Waals surface area contributed by atoms with E-state index in [2.05, 4.69) is 12.7 Å². The van der Waals surface area contributed by atoms with E-state index in [0.29, 0.717) is 6.54 Å². The van der Waals surface area contributed by atoms with E-state index in [-0.39, 0.29) is 5.91 Å². The zero-order chi connectivity index (χ0) is 10.8. The standard InChI is InChI=1S/C13H13NO/c1-3-11-8-12-6-4-5-7-13(12)14(9-11)10(2)15/h3-8H,1,9H2,2H3. The smallest absolute Gasteiger partial charge is 0.224 e. The Morgan fingerprint density at radius 3 is 2.87 bits per heavy atom. The van der Waals surface area contributed by atoms with Gasteiger partial charge in [0.2, 0.25) is 5.91 Å². The Labute approximate surface area is 89.5 Å². The van der Waals surface area contributed by atoms with Crippen molar-refractivity contribution >= 4 is 17.7 Å². The summed E-state index contributed by atoms with van der Waals surface area (Å²) in [6, 6.07) is 7.89. The minimum Gasteiger partial charge on any atom is -0.308 e. The lowest BCUT2D eigenvalue weighted by Crippen LogP contribution is -2.32. The summed E-state index contributed by atoms with van der Waals surface area (Å²) in [5, 5.41) is 0. The largest absolute Gasteiger partial charge is 0.308 e. The second kappa shape index (κ2) is 3.73. The fraction of sp³-hybridized carbons (Fsp3) is 0.154. The van der Waals surface area contributed by atoms with E-state index in [9.17, 15) is 4.79 Å². The minimum absolute atomic E-state index is 0.0647. The summed E-state index contributed by atoms with van der Waals surface area (Å²) in [6.07, 6.45) is 3.87. The number of benzene rings is 1. The number of carbonyl (C=O) groups excluding carboxylic acids is 1. The molecule has 2 nitrogen and oxygen atoms in total. The Bertz CT molecular complexity index is 446. The Balaban J connectivity index is 2.53. The van der Waals surface area contributed by atoms with Crippen molar-refractivity contribution < 1.29 is 4.79 Å². The lowest BCUT2D eigenvalue weighted by Gasteiger charge is -2.27. The maximum absolute atomic E-state index is 11.5. The summed E-state index contributed by atoms with van der Waals surface area (Å²) >= 11 is 0. The van der Waals surface area contributed by atoms with Gasteiger partial charge >= 0.3 is 0 Å². The van der Waals surface area contributed by atoms with Gasteiger partial charge in [-0.05, 0) is 23.3 Å². The van der Waals surface area contributed by atoms with Crippen LogP contribution in [-0.2, 0) is 4.79 Å². The number of anilines is 1. The Morgan fingerprint density at radius 2 is 2.20 bits per heavy atom. The molecule has 0 fully saturated rings. The second-order valence-corrected chi connectivity index (χ2v) is 3.59. The first-order chi connectivity index (χ1) is 7.22. The lowest BCUT2D eigenvalue weighted by atomic mass is 10.0. The second-order valence-electron chi connectivity index (χ2n) is 3.59.